The molecule has 0 saturated heterocycles. The number of nitrogens with two attached hydrogens (primary N) is 1. The Labute approximate surface area is 132 Å². The number of amides is 1. The van der Waals surface area contributed by atoms with Crippen molar-refractivity contribution < 1.29 is 9.53 Å². The maximum Gasteiger partial charge on any atom is 0.245 e. The van der Waals surface area contributed by atoms with Crippen LogP contribution in [0.4, 0.5) is 5.13 Å². The van der Waals surface area contributed by atoms with Crippen molar-refractivity contribution >= 4 is 34.0 Å². The fourth-order valence-corrected chi connectivity index (χ4v) is 2.77. The van der Waals surface area contributed by atoms with Crippen LogP contribution >= 0.6 is 22.9 Å². The van der Waals surface area contributed by atoms with E-state index in [1.165, 1.54) is 18.4 Å². The molecule has 0 aliphatic carbocycles. The van der Waals surface area contributed by atoms with Gasteiger partial charge in [0.05, 0.1) is 6.61 Å². The molecule has 3 N–H and O–H groups in total. The average Bonchev–Trinajstić information content (AvgIpc) is 2.89. The second kappa shape index (κ2) is 7.51. The highest BCUT2D eigenvalue weighted by molar-refractivity contribution is 7.15. The Balaban J connectivity index is 1.99. The SMILES string of the molecule is COCC(N)C(=O)Nc1ncc(Cc2ccccc2Cl)s1. The molecule has 1 unspecified atom stereocenters. The normalized spacial score (nSPS) is 12.1. The molecule has 1 amide bonds. The minimum atomic E-state index is -0.703. The average molecular weight is 326 g/mol. The van der Waals surface area contributed by atoms with E-state index in [9.17, 15) is 4.79 Å². The molecule has 0 aliphatic rings. The molecule has 0 aliphatic heterocycles. The Kier molecular flexibility index (Phi) is 5.69. The highest BCUT2D eigenvalue weighted by atomic mass is 35.5. The predicted octanol–water partition coefficient (Wildman–Crippen LogP) is 2.30. The number of halogens is 1. The first kappa shape index (κ1) is 15.9. The van der Waals surface area contributed by atoms with Gasteiger partial charge in [0, 0.05) is 29.6 Å². The summed E-state index contributed by atoms with van der Waals surface area (Å²) >= 11 is 7.53. The van der Waals surface area contributed by atoms with E-state index < -0.39 is 6.04 Å². The summed E-state index contributed by atoms with van der Waals surface area (Å²) in [6.45, 7) is 0.170. The number of carbonyl (C=O) groups is 1. The van der Waals surface area contributed by atoms with Crippen LogP contribution in [0.25, 0.3) is 0 Å². The topological polar surface area (TPSA) is 77.2 Å². The zero-order chi connectivity index (χ0) is 15.2. The van der Waals surface area contributed by atoms with Crippen LogP contribution in [0.2, 0.25) is 5.02 Å². The van der Waals surface area contributed by atoms with Gasteiger partial charge in [-0.05, 0) is 11.6 Å². The fourth-order valence-electron chi connectivity index (χ4n) is 1.73. The van der Waals surface area contributed by atoms with Crippen LogP contribution in [0.15, 0.2) is 30.5 Å². The number of anilines is 1. The largest absolute Gasteiger partial charge is 0.383 e. The van der Waals surface area contributed by atoms with E-state index >= 15 is 0 Å². The molecule has 7 heteroatoms. The maximum atomic E-state index is 11.8. The third kappa shape index (κ3) is 4.50. The molecule has 1 heterocycles. The highest BCUT2D eigenvalue weighted by Gasteiger charge is 2.15. The van der Waals surface area contributed by atoms with E-state index in [4.69, 9.17) is 22.1 Å². The van der Waals surface area contributed by atoms with Gasteiger partial charge >= 0.3 is 0 Å². The van der Waals surface area contributed by atoms with Gasteiger partial charge in [0.1, 0.15) is 6.04 Å². The first-order valence-corrected chi connectivity index (χ1v) is 7.53. The van der Waals surface area contributed by atoms with Crippen LogP contribution < -0.4 is 11.1 Å². The number of ether oxygens (including phenoxy) is 1. The lowest BCUT2D eigenvalue weighted by Gasteiger charge is -2.08. The molecule has 1 aromatic carbocycles. The van der Waals surface area contributed by atoms with Crippen molar-refractivity contribution in [2.24, 2.45) is 5.73 Å². The minimum absolute atomic E-state index is 0.170. The van der Waals surface area contributed by atoms with Gasteiger partial charge in [0.25, 0.3) is 0 Å². The lowest BCUT2D eigenvalue weighted by atomic mass is 10.1. The summed E-state index contributed by atoms with van der Waals surface area (Å²) in [6.07, 6.45) is 2.41. The van der Waals surface area contributed by atoms with Gasteiger partial charge in [0.15, 0.2) is 5.13 Å². The number of carbonyl (C=O) groups excluding carboxylic acids is 1. The summed E-state index contributed by atoms with van der Waals surface area (Å²) in [5.74, 6) is -0.310. The van der Waals surface area contributed by atoms with Gasteiger partial charge in [-0.25, -0.2) is 4.98 Å². The van der Waals surface area contributed by atoms with Crippen molar-refractivity contribution in [2.45, 2.75) is 12.5 Å². The van der Waals surface area contributed by atoms with Crippen LogP contribution in [-0.4, -0.2) is 30.6 Å². The Bertz CT molecular complexity index is 618. The molecule has 0 fully saturated rings. The fraction of sp³-hybridized carbons (Fsp3) is 0.286. The number of hydrogen-bond donors (Lipinski definition) is 2. The maximum absolute atomic E-state index is 11.8. The molecule has 21 heavy (non-hydrogen) atoms. The molecule has 1 atom stereocenters. The lowest BCUT2D eigenvalue weighted by Crippen LogP contribution is -2.39. The molecule has 1 aromatic heterocycles. The van der Waals surface area contributed by atoms with Crippen molar-refractivity contribution in [2.75, 3.05) is 19.0 Å². The predicted molar refractivity (Wildman–Crippen MR) is 84.9 cm³/mol. The van der Waals surface area contributed by atoms with Gasteiger partial charge < -0.3 is 15.8 Å². The molecule has 0 saturated carbocycles. The smallest absolute Gasteiger partial charge is 0.245 e. The third-order valence-corrected chi connectivity index (χ3v) is 4.07. The van der Waals surface area contributed by atoms with Crippen LogP contribution in [0.3, 0.4) is 0 Å². The van der Waals surface area contributed by atoms with E-state index in [1.807, 2.05) is 24.3 Å². The second-order valence-corrected chi connectivity index (χ2v) is 5.97. The minimum Gasteiger partial charge on any atom is -0.383 e. The molecule has 2 rings (SSSR count). The molecule has 0 spiro atoms. The summed E-state index contributed by atoms with van der Waals surface area (Å²) in [6, 6.07) is 6.95. The highest BCUT2D eigenvalue weighted by Crippen LogP contribution is 2.24. The Morgan fingerprint density at radius 2 is 2.29 bits per heavy atom. The number of benzene rings is 1. The number of methoxy groups -OCH3 is 1. The van der Waals surface area contributed by atoms with E-state index in [1.54, 1.807) is 6.20 Å². The number of thiazole rings is 1. The summed E-state index contributed by atoms with van der Waals surface area (Å²) < 4.78 is 4.84. The van der Waals surface area contributed by atoms with Crippen molar-refractivity contribution in [1.82, 2.24) is 4.98 Å². The van der Waals surface area contributed by atoms with Crippen LogP contribution in [0, 0.1) is 0 Å². The monoisotopic (exact) mass is 325 g/mol. The van der Waals surface area contributed by atoms with Gasteiger partial charge in [-0.15, -0.1) is 11.3 Å². The Morgan fingerprint density at radius 1 is 1.52 bits per heavy atom. The number of hydrogen-bond acceptors (Lipinski definition) is 5. The second-order valence-electron chi connectivity index (χ2n) is 4.45. The molecule has 112 valence electrons. The molecule has 5 nitrogen and oxygen atoms in total. The number of nitrogens with zero attached hydrogens (tertiary/aromatic N) is 1. The van der Waals surface area contributed by atoms with E-state index in [0.717, 1.165) is 15.5 Å². The number of aromatic nitrogens is 1. The van der Waals surface area contributed by atoms with Gasteiger partial charge in [-0.2, -0.15) is 0 Å². The van der Waals surface area contributed by atoms with Gasteiger partial charge in [-0.1, -0.05) is 29.8 Å². The Hall–Kier alpha value is -1.47. The zero-order valence-corrected chi connectivity index (χ0v) is 13.1. The molecular formula is C14H16ClN3O2S. The van der Waals surface area contributed by atoms with Crippen LogP contribution in [0.1, 0.15) is 10.4 Å². The zero-order valence-electron chi connectivity index (χ0n) is 11.5. The quantitative estimate of drug-likeness (QED) is 0.854. The third-order valence-electron chi connectivity index (χ3n) is 2.79. The first-order valence-electron chi connectivity index (χ1n) is 6.33. The molecule has 0 radical (unpaired) electrons. The van der Waals surface area contributed by atoms with Crippen molar-refractivity contribution in [1.29, 1.82) is 0 Å². The van der Waals surface area contributed by atoms with Crippen molar-refractivity contribution in [3.8, 4) is 0 Å². The van der Waals surface area contributed by atoms with Gasteiger partial charge in [0.2, 0.25) is 5.91 Å². The Morgan fingerprint density at radius 3 is 3.00 bits per heavy atom. The summed E-state index contributed by atoms with van der Waals surface area (Å²) in [5.41, 5.74) is 6.67. The number of rotatable bonds is 6. The molecular weight excluding hydrogens is 310 g/mol. The van der Waals surface area contributed by atoms with Crippen LogP contribution in [0.5, 0.6) is 0 Å². The van der Waals surface area contributed by atoms with Crippen molar-refractivity contribution in [3.05, 3.63) is 45.9 Å². The van der Waals surface area contributed by atoms with Crippen molar-refractivity contribution in [3.63, 3.8) is 0 Å². The standard InChI is InChI=1S/C14H16ClN3O2S/c1-20-8-12(16)13(19)18-14-17-7-10(21-14)6-9-4-2-3-5-11(9)15/h2-5,7,12H,6,8,16H2,1H3,(H,17,18,19). The summed E-state index contributed by atoms with van der Waals surface area (Å²) in [5, 5.41) is 3.92. The van der Waals surface area contributed by atoms with Crippen LogP contribution in [-0.2, 0) is 16.0 Å². The van der Waals surface area contributed by atoms with E-state index in [-0.39, 0.29) is 12.5 Å². The first-order chi connectivity index (χ1) is 10.1. The summed E-state index contributed by atoms with van der Waals surface area (Å²) in [7, 11) is 1.50. The molecule has 2 aromatic rings. The van der Waals surface area contributed by atoms with E-state index in [2.05, 4.69) is 10.3 Å². The summed E-state index contributed by atoms with van der Waals surface area (Å²) in [4.78, 5) is 16.9. The molecule has 0 bridgehead atoms. The lowest BCUT2D eigenvalue weighted by molar-refractivity contribution is -0.118. The number of nitrogens with one attached hydrogen (secondary N) is 1. The van der Waals surface area contributed by atoms with Gasteiger partial charge in [-0.3, -0.25) is 4.79 Å². The van der Waals surface area contributed by atoms with E-state index in [0.29, 0.717) is 11.6 Å².